The van der Waals surface area contributed by atoms with Crippen molar-refractivity contribution >= 4 is 17.7 Å². The molecule has 5 heteroatoms. The number of hydrogen-bond donors (Lipinski definition) is 0. The molecule has 2 rings (SSSR count). The van der Waals surface area contributed by atoms with Gasteiger partial charge in [0.25, 0.3) is 0 Å². The van der Waals surface area contributed by atoms with Crippen molar-refractivity contribution in [1.29, 1.82) is 0 Å². The van der Waals surface area contributed by atoms with Crippen LogP contribution in [0.5, 0.6) is 5.75 Å². The topological polar surface area (TPSA) is 69.7 Å². The van der Waals surface area contributed by atoms with E-state index in [0.717, 1.165) is 18.9 Å². The summed E-state index contributed by atoms with van der Waals surface area (Å²) in [6, 6.07) is 15.4. The maximum atomic E-state index is 12.1. The summed E-state index contributed by atoms with van der Waals surface area (Å²) in [5, 5.41) is 0. The largest absolute Gasteiger partial charge is 0.463 e. The minimum atomic E-state index is -0.526. The van der Waals surface area contributed by atoms with Crippen molar-refractivity contribution in [2.24, 2.45) is 0 Å². The van der Waals surface area contributed by atoms with E-state index in [1.165, 1.54) is 44.6 Å². The van der Waals surface area contributed by atoms with Gasteiger partial charge in [0.15, 0.2) is 5.78 Å². The monoisotopic (exact) mass is 464 g/mol. The first-order valence-electron chi connectivity index (χ1n) is 11.8. The van der Waals surface area contributed by atoms with Crippen molar-refractivity contribution < 1.29 is 23.9 Å². The van der Waals surface area contributed by atoms with Gasteiger partial charge >= 0.3 is 11.9 Å². The zero-order valence-corrected chi connectivity index (χ0v) is 20.2. The van der Waals surface area contributed by atoms with E-state index in [2.05, 4.69) is 20.1 Å². The van der Waals surface area contributed by atoms with Gasteiger partial charge in [0.2, 0.25) is 0 Å². The third kappa shape index (κ3) is 12.5. The van der Waals surface area contributed by atoms with Crippen LogP contribution in [0, 0.1) is 0 Å². The Morgan fingerprint density at radius 3 is 1.79 bits per heavy atom. The summed E-state index contributed by atoms with van der Waals surface area (Å²) >= 11 is 0. The van der Waals surface area contributed by atoms with E-state index < -0.39 is 5.97 Å². The van der Waals surface area contributed by atoms with Gasteiger partial charge in [-0.05, 0) is 30.7 Å². The molecule has 0 saturated heterocycles. The van der Waals surface area contributed by atoms with Gasteiger partial charge in [-0.15, -0.1) is 0 Å². The van der Waals surface area contributed by atoms with Crippen molar-refractivity contribution in [2.75, 3.05) is 6.61 Å². The third-order valence-electron chi connectivity index (χ3n) is 4.95. The fourth-order valence-electron chi connectivity index (χ4n) is 3.06. The van der Waals surface area contributed by atoms with E-state index in [4.69, 9.17) is 9.47 Å². The van der Waals surface area contributed by atoms with Gasteiger partial charge in [0.05, 0.1) is 6.61 Å². The smallest absolute Gasteiger partial charge is 0.335 e. The Kier molecular flexibility index (Phi) is 15.1. The van der Waals surface area contributed by atoms with Gasteiger partial charge in [0.1, 0.15) is 5.75 Å². The number of ether oxygens (including phenoxy) is 2. The van der Waals surface area contributed by atoms with Crippen molar-refractivity contribution in [1.82, 2.24) is 0 Å². The van der Waals surface area contributed by atoms with Crippen molar-refractivity contribution in [3.8, 4) is 5.75 Å². The van der Waals surface area contributed by atoms with E-state index in [1.807, 2.05) is 18.2 Å². The van der Waals surface area contributed by atoms with Gasteiger partial charge in [-0.1, -0.05) is 95.4 Å². The van der Waals surface area contributed by atoms with Gasteiger partial charge in [-0.2, -0.15) is 0 Å². The molecule has 0 aliphatic carbocycles. The van der Waals surface area contributed by atoms with Crippen LogP contribution in [0.3, 0.4) is 0 Å². The van der Waals surface area contributed by atoms with Gasteiger partial charge in [0, 0.05) is 23.3 Å². The molecule has 0 atom stereocenters. The van der Waals surface area contributed by atoms with Crippen LogP contribution in [0.4, 0.5) is 0 Å². The molecule has 34 heavy (non-hydrogen) atoms. The Bertz CT molecular complexity index is 884. The minimum Gasteiger partial charge on any atom is -0.463 e. The molecule has 0 aliphatic rings. The molecule has 0 heterocycles. The van der Waals surface area contributed by atoms with Crippen LogP contribution in [0.15, 0.2) is 79.9 Å². The number of carbonyl (C=O) groups excluding carboxylic acids is 3. The van der Waals surface area contributed by atoms with E-state index in [1.54, 1.807) is 36.4 Å². The first kappa shape index (κ1) is 28.6. The normalized spacial score (nSPS) is 9.79. The number of ketones is 1. The van der Waals surface area contributed by atoms with E-state index >= 15 is 0 Å². The minimum absolute atomic E-state index is 0.0674. The highest BCUT2D eigenvalue weighted by molar-refractivity contribution is 6.09. The molecule has 0 N–H and O–H groups in total. The Morgan fingerprint density at radius 2 is 1.24 bits per heavy atom. The lowest BCUT2D eigenvalue weighted by molar-refractivity contribution is -0.137. The highest BCUT2D eigenvalue weighted by Crippen LogP contribution is 2.15. The van der Waals surface area contributed by atoms with Crippen LogP contribution in [-0.4, -0.2) is 24.3 Å². The molecule has 0 bridgehead atoms. The van der Waals surface area contributed by atoms with Crippen molar-refractivity contribution in [3.05, 3.63) is 91.0 Å². The standard InChI is InChI=1S/C16H12O3.C13H24O2/c1-2-15(17)19-14-10-8-13(9-11-14)16(18)12-6-4-3-5-7-12;1-3-5-6-7-8-9-10-11-12-15-13(14)4-2/h2-11H,1H2;4H,2-3,5-12H2,1H3. The highest BCUT2D eigenvalue weighted by atomic mass is 16.5. The molecule has 2 aromatic rings. The fraction of sp³-hybridized carbons (Fsp3) is 0.345. The van der Waals surface area contributed by atoms with E-state index in [9.17, 15) is 14.4 Å². The van der Waals surface area contributed by atoms with Crippen molar-refractivity contribution in [2.45, 2.75) is 58.3 Å². The summed E-state index contributed by atoms with van der Waals surface area (Å²) in [5.41, 5.74) is 1.17. The first-order chi connectivity index (χ1) is 16.5. The molecular formula is C29H36O5. The van der Waals surface area contributed by atoms with Gasteiger partial charge < -0.3 is 9.47 Å². The Morgan fingerprint density at radius 1 is 0.706 bits per heavy atom. The van der Waals surface area contributed by atoms with Crippen LogP contribution in [0.1, 0.15) is 74.2 Å². The number of unbranched alkanes of at least 4 members (excludes halogenated alkanes) is 7. The zero-order valence-electron chi connectivity index (χ0n) is 20.2. The first-order valence-corrected chi connectivity index (χ1v) is 11.8. The molecule has 5 nitrogen and oxygen atoms in total. The molecule has 0 amide bonds. The van der Waals surface area contributed by atoms with Crippen LogP contribution in [-0.2, 0) is 14.3 Å². The highest BCUT2D eigenvalue weighted by Gasteiger charge is 2.08. The summed E-state index contributed by atoms with van der Waals surface area (Å²) in [4.78, 5) is 33.8. The molecule has 0 fully saturated rings. The average molecular weight is 465 g/mol. The number of carbonyl (C=O) groups is 3. The predicted octanol–water partition coefficient (Wildman–Crippen LogP) is 6.87. The molecule has 2 aromatic carbocycles. The maximum absolute atomic E-state index is 12.1. The SMILES string of the molecule is C=CC(=O)OCCCCCCCCCC.C=CC(=O)Oc1ccc(C(=O)c2ccccc2)cc1. The number of rotatable bonds is 14. The number of hydrogen-bond acceptors (Lipinski definition) is 5. The lowest BCUT2D eigenvalue weighted by Crippen LogP contribution is -2.04. The predicted molar refractivity (Wildman–Crippen MR) is 136 cm³/mol. The zero-order chi connectivity index (χ0) is 25.0. The molecule has 0 aliphatic heterocycles. The van der Waals surface area contributed by atoms with Crippen LogP contribution in [0.25, 0.3) is 0 Å². The lowest BCUT2D eigenvalue weighted by Gasteiger charge is -2.03. The molecule has 0 unspecified atom stereocenters. The van der Waals surface area contributed by atoms with Crippen molar-refractivity contribution in [3.63, 3.8) is 0 Å². The molecule has 0 spiro atoms. The number of benzene rings is 2. The van der Waals surface area contributed by atoms with Crippen LogP contribution in [0.2, 0.25) is 0 Å². The second kappa shape index (κ2) is 18.0. The summed E-state index contributed by atoms with van der Waals surface area (Å²) in [7, 11) is 0. The second-order valence-electron chi connectivity index (χ2n) is 7.69. The lowest BCUT2D eigenvalue weighted by atomic mass is 10.0. The molecular weight excluding hydrogens is 428 g/mol. The third-order valence-corrected chi connectivity index (χ3v) is 4.95. The maximum Gasteiger partial charge on any atom is 0.335 e. The summed E-state index contributed by atoms with van der Waals surface area (Å²) < 4.78 is 9.81. The summed E-state index contributed by atoms with van der Waals surface area (Å²) in [6.45, 7) is 9.43. The van der Waals surface area contributed by atoms with E-state index in [-0.39, 0.29) is 11.8 Å². The summed E-state index contributed by atoms with van der Waals surface area (Å²) in [6.07, 6.45) is 12.4. The Hall–Kier alpha value is -3.47. The fourth-order valence-corrected chi connectivity index (χ4v) is 3.06. The van der Waals surface area contributed by atoms with Gasteiger partial charge in [-0.3, -0.25) is 4.79 Å². The molecule has 0 radical (unpaired) electrons. The van der Waals surface area contributed by atoms with Crippen LogP contribution < -0.4 is 4.74 Å². The number of esters is 2. The quantitative estimate of drug-likeness (QED) is 0.100. The second-order valence-corrected chi connectivity index (χ2v) is 7.69. The average Bonchev–Trinajstić information content (AvgIpc) is 2.88. The summed E-state index contributed by atoms with van der Waals surface area (Å²) in [5.74, 6) is -0.517. The Balaban J connectivity index is 0.000000352. The van der Waals surface area contributed by atoms with Gasteiger partial charge in [-0.25, -0.2) is 9.59 Å². The molecule has 0 aromatic heterocycles. The van der Waals surface area contributed by atoms with Crippen LogP contribution >= 0.6 is 0 Å². The molecule has 182 valence electrons. The molecule has 0 saturated carbocycles. The van der Waals surface area contributed by atoms with E-state index in [0.29, 0.717) is 23.5 Å². The Labute approximate surface area is 203 Å².